The second-order valence-electron chi connectivity index (χ2n) is 6.43. The molecule has 73 valence electrons. The highest BCUT2D eigenvalue weighted by Crippen LogP contribution is 2.25. The van der Waals surface area contributed by atoms with Crippen LogP contribution in [0.3, 0.4) is 0 Å². The molecule has 0 aromatic carbocycles. The van der Waals surface area contributed by atoms with E-state index in [1.165, 1.54) is 6.04 Å². The molecular weight excluding hydrogens is 176 g/mol. The van der Waals surface area contributed by atoms with Gasteiger partial charge < -0.3 is 0 Å². The lowest BCUT2D eigenvalue weighted by atomic mass is 10.0. The van der Waals surface area contributed by atoms with Crippen molar-refractivity contribution in [2.75, 3.05) is 0 Å². The molecule has 0 N–H and O–H groups in total. The molecule has 0 aromatic heterocycles. The van der Waals surface area contributed by atoms with Gasteiger partial charge in [0.15, 0.2) is 0 Å². The molecule has 0 aliphatic rings. The summed E-state index contributed by atoms with van der Waals surface area (Å²) < 4.78 is 0. The Labute approximate surface area is 81.4 Å². The second-order valence-corrected chi connectivity index (χ2v) is 15.2. The molecule has 0 saturated heterocycles. The van der Waals surface area contributed by atoms with E-state index in [1.807, 2.05) is 0 Å². The van der Waals surface area contributed by atoms with E-state index >= 15 is 0 Å². The lowest BCUT2D eigenvalue weighted by Gasteiger charge is -2.26. The first-order chi connectivity index (χ1) is 5.10. The minimum absolute atomic E-state index is 0.0427. The molecular formula is C10H25Si2. The zero-order chi connectivity index (χ0) is 9.99. The maximum absolute atomic E-state index is 2.51. The van der Waals surface area contributed by atoms with Crippen molar-refractivity contribution >= 4 is 16.9 Å². The molecule has 0 spiro atoms. The van der Waals surface area contributed by atoms with E-state index in [0.29, 0.717) is 5.41 Å². The first kappa shape index (κ1) is 12.4. The lowest BCUT2D eigenvalue weighted by molar-refractivity contribution is 0.464. The fourth-order valence-corrected chi connectivity index (χ4v) is 11.4. The van der Waals surface area contributed by atoms with E-state index in [4.69, 9.17) is 0 Å². The largest absolute Gasteiger partial charge is 0.0713 e. The van der Waals surface area contributed by atoms with Crippen LogP contribution in [0.25, 0.3) is 0 Å². The molecule has 0 fully saturated rings. The molecule has 0 saturated carbocycles. The molecule has 0 aliphatic heterocycles. The average molecular weight is 201 g/mol. The van der Waals surface area contributed by atoms with Crippen molar-refractivity contribution in [2.24, 2.45) is 5.41 Å². The van der Waals surface area contributed by atoms with Gasteiger partial charge in [-0.3, -0.25) is 0 Å². The monoisotopic (exact) mass is 201 g/mol. The quantitative estimate of drug-likeness (QED) is 0.605. The molecule has 0 atom stereocenters. The predicted molar refractivity (Wildman–Crippen MR) is 64.0 cm³/mol. The van der Waals surface area contributed by atoms with Crippen LogP contribution in [-0.2, 0) is 0 Å². The fraction of sp³-hybridized carbons (Fsp3) is 1.00. The van der Waals surface area contributed by atoms with E-state index in [1.54, 1.807) is 5.67 Å². The van der Waals surface area contributed by atoms with Crippen molar-refractivity contribution in [3.8, 4) is 0 Å². The summed E-state index contributed by atoms with van der Waals surface area (Å²) in [4.78, 5) is 0. The van der Waals surface area contributed by atoms with Crippen LogP contribution >= 0.6 is 0 Å². The fourth-order valence-electron chi connectivity index (χ4n) is 1.87. The van der Waals surface area contributed by atoms with Crippen LogP contribution in [0.5, 0.6) is 0 Å². The summed E-state index contributed by atoms with van der Waals surface area (Å²) in [6.07, 6.45) is 0. The summed E-state index contributed by atoms with van der Waals surface area (Å²) in [6, 6.07) is 1.47. The van der Waals surface area contributed by atoms with Gasteiger partial charge in [-0.15, -0.1) is 0 Å². The van der Waals surface area contributed by atoms with E-state index in [0.717, 1.165) is 0 Å². The predicted octanol–water partition coefficient (Wildman–Crippen LogP) is 4.03. The van der Waals surface area contributed by atoms with Crippen molar-refractivity contribution in [1.29, 1.82) is 0 Å². The van der Waals surface area contributed by atoms with E-state index in [9.17, 15) is 0 Å². The maximum Gasteiger partial charge on any atom is 0.0423 e. The third kappa shape index (κ3) is 8.53. The summed E-state index contributed by atoms with van der Waals surface area (Å²) in [5.41, 5.74) is 2.14. The molecule has 0 bridgehead atoms. The highest BCUT2D eigenvalue weighted by atomic mass is 28.4. The molecule has 0 amide bonds. The molecule has 0 heterocycles. The van der Waals surface area contributed by atoms with Gasteiger partial charge in [0.05, 0.1) is 0 Å². The summed E-state index contributed by atoms with van der Waals surface area (Å²) in [6.45, 7) is 17.1. The van der Waals surface area contributed by atoms with Crippen molar-refractivity contribution in [3.63, 3.8) is 0 Å². The highest BCUT2D eigenvalue weighted by molar-refractivity contribution is 6.87. The second kappa shape index (κ2) is 4.10. The van der Waals surface area contributed by atoms with E-state index in [2.05, 4.69) is 47.0 Å². The van der Waals surface area contributed by atoms with Gasteiger partial charge in [0.2, 0.25) is 0 Å². The Morgan fingerprint density at radius 3 is 1.75 bits per heavy atom. The topological polar surface area (TPSA) is 0 Å². The summed E-state index contributed by atoms with van der Waals surface area (Å²) >= 11 is 0. The Kier molecular flexibility index (Phi) is 4.24. The Morgan fingerprint density at radius 2 is 1.50 bits per heavy atom. The Balaban J connectivity index is 3.83. The van der Waals surface area contributed by atoms with Crippen LogP contribution in [0.1, 0.15) is 20.8 Å². The SMILES string of the molecule is C[Si](CC(C)(C)C)C[Si](C)(C)C. The van der Waals surface area contributed by atoms with Gasteiger partial charge in [-0.05, 0) is 5.41 Å². The molecule has 0 rings (SSSR count). The minimum atomic E-state index is -0.775. The highest BCUT2D eigenvalue weighted by Gasteiger charge is 2.22. The molecule has 0 aliphatic carbocycles. The van der Waals surface area contributed by atoms with E-state index < -0.39 is 8.07 Å². The molecule has 0 nitrogen and oxygen atoms in total. The van der Waals surface area contributed by atoms with Crippen molar-refractivity contribution in [3.05, 3.63) is 0 Å². The summed E-state index contributed by atoms with van der Waals surface area (Å²) in [7, 11) is -0.817. The Bertz CT molecular complexity index is 112. The van der Waals surface area contributed by atoms with Crippen molar-refractivity contribution in [1.82, 2.24) is 0 Å². The van der Waals surface area contributed by atoms with Gasteiger partial charge in [-0.1, -0.05) is 58.7 Å². The molecule has 1 radical (unpaired) electrons. The molecule has 0 aromatic rings. The maximum atomic E-state index is 2.51. The van der Waals surface area contributed by atoms with Crippen LogP contribution in [-0.4, -0.2) is 16.9 Å². The minimum Gasteiger partial charge on any atom is -0.0713 e. The van der Waals surface area contributed by atoms with Crippen LogP contribution in [0.4, 0.5) is 0 Å². The zero-order valence-corrected chi connectivity index (χ0v) is 11.9. The number of hydrogen-bond acceptors (Lipinski definition) is 0. The smallest absolute Gasteiger partial charge is 0.0423 e. The first-order valence-corrected chi connectivity index (χ1v) is 11.0. The number of rotatable bonds is 3. The van der Waals surface area contributed by atoms with Crippen LogP contribution < -0.4 is 0 Å². The van der Waals surface area contributed by atoms with Gasteiger partial charge in [-0.2, -0.15) is 0 Å². The third-order valence-corrected chi connectivity index (χ3v) is 9.99. The van der Waals surface area contributed by atoms with E-state index in [-0.39, 0.29) is 8.80 Å². The Morgan fingerprint density at radius 1 is 1.08 bits per heavy atom. The van der Waals surface area contributed by atoms with Gasteiger partial charge in [-0.25, -0.2) is 0 Å². The molecule has 2 heteroatoms. The number of hydrogen-bond donors (Lipinski definition) is 0. The van der Waals surface area contributed by atoms with Crippen molar-refractivity contribution < 1.29 is 0 Å². The third-order valence-electron chi connectivity index (χ3n) is 1.66. The molecule has 12 heavy (non-hydrogen) atoms. The van der Waals surface area contributed by atoms with Crippen molar-refractivity contribution in [2.45, 2.75) is 58.7 Å². The van der Waals surface area contributed by atoms with Gasteiger partial charge in [0.25, 0.3) is 0 Å². The first-order valence-electron chi connectivity index (χ1n) is 4.91. The Hall–Kier alpha value is 0.434. The van der Waals surface area contributed by atoms with Crippen LogP contribution in [0.15, 0.2) is 0 Å². The van der Waals surface area contributed by atoms with Crippen LogP contribution in [0.2, 0.25) is 37.9 Å². The zero-order valence-electron chi connectivity index (χ0n) is 9.91. The average Bonchev–Trinajstić information content (AvgIpc) is 1.49. The normalized spacial score (nSPS) is 14.0. The molecule has 0 unspecified atom stereocenters. The van der Waals surface area contributed by atoms with Gasteiger partial charge >= 0.3 is 0 Å². The van der Waals surface area contributed by atoms with Crippen LogP contribution in [0, 0.1) is 5.41 Å². The van der Waals surface area contributed by atoms with Gasteiger partial charge in [0.1, 0.15) is 0 Å². The summed E-state index contributed by atoms with van der Waals surface area (Å²) in [5.74, 6) is 0. The summed E-state index contributed by atoms with van der Waals surface area (Å²) in [5, 5.41) is 0. The standard InChI is InChI=1S/C10H25Si2/c1-10(2,3)8-11(4)9-12(5,6)7/h8-9H2,1-7H3. The lowest BCUT2D eigenvalue weighted by Crippen LogP contribution is -2.30. The van der Waals surface area contributed by atoms with Gasteiger partial charge in [0, 0.05) is 16.9 Å².